The van der Waals surface area contributed by atoms with E-state index in [4.69, 9.17) is 4.74 Å². The number of methoxy groups -OCH3 is 1. The van der Waals surface area contributed by atoms with Crippen LogP contribution in [0.1, 0.15) is 12.0 Å². The van der Waals surface area contributed by atoms with Crippen molar-refractivity contribution in [1.29, 1.82) is 0 Å². The van der Waals surface area contributed by atoms with E-state index in [1.807, 2.05) is 54.6 Å². The molecule has 0 bridgehead atoms. The number of nitrogens with one attached hydrogen (secondary N) is 1. The molecule has 0 aliphatic rings. The van der Waals surface area contributed by atoms with Crippen molar-refractivity contribution in [2.45, 2.75) is 12.0 Å². The van der Waals surface area contributed by atoms with E-state index < -0.39 is 5.54 Å². The van der Waals surface area contributed by atoms with Gasteiger partial charge in [0.25, 0.3) is 0 Å². The number of carbonyl (C=O) groups is 1. The van der Waals surface area contributed by atoms with E-state index >= 15 is 0 Å². The fourth-order valence-corrected chi connectivity index (χ4v) is 2.81. The molecular formula is C18H18BrNO2. The zero-order valence-electron chi connectivity index (χ0n) is 12.4. The van der Waals surface area contributed by atoms with Crippen molar-refractivity contribution in [3.63, 3.8) is 0 Å². The molecule has 0 aliphatic carbocycles. The number of ether oxygens (including phenoxy) is 1. The second-order valence-electron chi connectivity index (χ2n) is 4.89. The number of rotatable bonds is 6. The Bertz CT molecular complexity index is 657. The Kier molecular flexibility index (Phi) is 5.39. The molecule has 0 amide bonds. The number of carbonyl (C=O) groups excluding carboxylic acids is 1. The quantitative estimate of drug-likeness (QED) is 0.609. The molecule has 2 rings (SSSR count). The molecule has 2 aromatic carbocycles. The van der Waals surface area contributed by atoms with Gasteiger partial charge in [-0.1, -0.05) is 52.3 Å². The number of halogens is 1. The van der Waals surface area contributed by atoms with E-state index in [1.54, 1.807) is 6.08 Å². The Hall–Kier alpha value is -2.07. The summed E-state index contributed by atoms with van der Waals surface area (Å²) in [7, 11) is 1.39. The molecule has 114 valence electrons. The molecule has 4 heteroatoms. The van der Waals surface area contributed by atoms with Gasteiger partial charge < -0.3 is 10.1 Å². The van der Waals surface area contributed by atoms with Crippen molar-refractivity contribution in [2.24, 2.45) is 0 Å². The molecule has 0 saturated carbocycles. The standard InChI is InChI=1S/C18H18BrNO2/c1-3-12-18(17(21)22-2,14-8-7-9-15(19)13-14)20-16-10-5-4-6-11-16/h3-11,13,20H,1,12H2,2H3. The van der Waals surface area contributed by atoms with E-state index in [0.717, 1.165) is 15.7 Å². The smallest absolute Gasteiger partial charge is 0.336 e. The van der Waals surface area contributed by atoms with E-state index in [2.05, 4.69) is 27.8 Å². The first-order chi connectivity index (χ1) is 10.6. The van der Waals surface area contributed by atoms with E-state index in [9.17, 15) is 4.79 Å². The molecule has 0 aliphatic heterocycles. The maximum Gasteiger partial charge on any atom is 0.336 e. The van der Waals surface area contributed by atoms with Gasteiger partial charge in [0.1, 0.15) is 0 Å². The molecule has 0 saturated heterocycles. The topological polar surface area (TPSA) is 38.3 Å². The Labute approximate surface area is 139 Å². The van der Waals surface area contributed by atoms with Crippen LogP contribution in [0.3, 0.4) is 0 Å². The lowest BCUT2D eigenvalue weighted by molar-refractivity contribution is -0.146. The molecule has 1 N–H and O–H groups in total. The third kappa shape index (κ3) is 3.39. The summed E-state index contributed by atoms with van der Waals surface area (Å²) in [4.78, 5) is 12.6. The monoisotopic (exact) mass is 359 g/mol. The number of anilines is 1. The first kappa shape index (κ1) is 16.3. The van der Waals surface area contributed by atoms with Crippen LogP contribution in [0.5, 0.6) is 0 Å². The number of hydrogen-bond acceptors (Lipinski definition) is 3. The van der Waals surface area contributed by atoms with Gasteiger partial charge in [0.15, 0.2) is 5.54 Å². The lowest BCUT2D eigenvalue weighted by Gasteiger charge is -2.32. The molecule has 0 aromatic heterocycles. The van der Waals surface area contributed by atoms with Crippen LogP contribution in [-0.4, -0.2) is 13.1 Å². The molecule has 1 unspecified atom stereocenters. The van der Waals surface area contributed by atoms with Gasteiger partial charge in [-0.15, -0.1) is 6.58 Å². The van der Waals surface area contributed by atoms with Crippen LogP contribution in [0.15, 0.2) is 71.7 Å². The van der Waals surface area contributed by atoms with Gasteiger partial charge in [0, 0.05) is 16.6 Å². The third-order valence-corrected chi connectivity index (χ3v) is 3.93. The summed E-state index contributed by atoms with van der Waals surface area (Å²) in [5, 5.41) is 3.32. The highest BCUT2D eigenvalue weighted by Gasteiger charge is 2.40. The first-order valence-electron chi connectivity index (χ1n) is 6.91. The van der Waals surface area contributed by atoms with Crippen LogP contribution < -0.4 is 5.32 Å². The SMILES string of the molecule is C=CCC(Nc1ccccc1)(C(=O)OC)c1cccc(Br)c1. The summed E-state index contributed by atoms with van der Waals surface area (Å²) < 4.78 is 5.97. The number of hydrogen-bond donors (Lipinski definition) is 1. The number of esters is 1. The fourth-order valence-electron chi connectivity index (χ4n) is 2.41. The van der Waals surface area contributed by atoms with Crippen LogP contribution in [0.4, 0.5) is 5.69 Å². The molecule has 0 heterocycles. The molecule has 22 heavy (non-hydrogen) atoms. The van der Waals surface area contributed by atoms with E-state index in [-0.39, 0.29) is 5.97 Å². The second kappa shape index (κ2) is 7.27. The lowest BCUT2D eigenvalue weighted by atomic mass is 9.86. The zero-order valence-corrected chi connectivity index (χ0v) is 14.0. The predicted molar refractivity (Wildman–Crippen MR) is 92.7 cm³/mol. The van der Waals surface area contributed by atoms with Gasteiger partial charge in [0.05, 0.1) is 7.11 Å². The Morgan fingerprint density at radius 3 is 2.59 bits per heavy atom. The predicted octanol–water partition coefficient (Wildman–Crippen LogP) is 4.51. The van der Waals surface area contributed by atoms with Crippen LogP contribution in [0.25, 0.3) is 0 Å². The number of benzene rings is 2. The lowest BCUT2D eigenvalue weighted by Crippen LogP contribution is -2.44. The number of para-hydroxylation sites is 1. The van der Waals surface area contributed by atoms with Crippen LogP contribution >= 0.6 is 15.9 Å². The van der Waals surface area contributed by atoms with Crippen molar-refractivity contribution >= 4 is 27.6 Å². The van der Waals surface area contributed by atoms with Crippen molar-refractivity contribution in [1.82, 2.24) is 0 Å². The maximum absolute atomic E-state index is 12.6. The summed E-state index contributed by atoms with van der Waals surface area (Å²) >= 11 is 3.46. The minimum absolute atomic E-state index is 0.352. The average Bonchev–Trinajstić information content (AvgIpc) is 2.54. The summed E-state index contributed by atoms with van der Waals surface area (Å²) in [5.41, 5.74) is 0.647. The van der Waals surface area contributed by atoms with Crippen LogP contribution in [0, 0.1) is 0 Å². The van der Waals surface area contributed by atoms with Gasteiger partial charge in [-0.25, -0.2) is 4.79 Å². The Morgan fingerprint density at radius 2 is 2.00 bits per heavy atom. The Morgan fingerprint density at radius 1 is 1.27 bits per heavy atom. The molecular weight excluding hydrogens is 342 g/mol. The van der Waals surface area contributed by atoms with Gasteiger partial charge >= 0.3 is 5.97 Å². The summed E-state index contributed by atoms with van der Waals surface area (Å²) in [6.07, 6.45) is 2.12. The minimum Gasteiger partial charge on any atom is -0.467 e. The van der Waals surface area contributed by atoms with Crippen molar-refractivity contribution in [3.05, 3.63) is 77.3 Å². The van der Waals surface area contributed by atoms with Gasteiger partial charge in [0.2, 0.25) is 0 Å². The highest BCUT2D eigenvalue weighted by atomic mass is 79.9. The summed E-state index contributed by atoms with van der Waals surface area (Å²) in [6, 6.07) is 17.2. The third-order valence-electron chi connectivity index (χ3n) is 3.43. The first-order valence-corrected chi connectivity index (χ1v) is 7.70. The second-order valence-corrected chi connectivity index (χ2v) is 5.81. The van der Waals surface area contributed by atoms with Crippen molar-refractivity contribution in [3.8, 4) is 0 Å². The minimum atomic E-state index is -1.01. The zero-order chi connectivity index (χ0) is 16.0. The molecule has 0 radical (unpaired) electrons. The molecule has 0 spiro atoms. The molecule has 0 fully saturated rings. The summed E-state index contributed by atoms with van der Waals surface area (Å²) in [6.45, 7) is 3.79. The maximum atomic E-state index is 12.6. The largest absolute Gasteiger partial charge is 0.467 e. The van der Waals surface area contributed by atoms with E-state index in [1.165, 1.54) is 7.11 Å². The molecule has 1 atom stereocenters. The van der Waals surface area contributed by atoms with Crippen molar-refractivity contribution < 1.29 is 9.53 Å². The van der Waals surface area contributed by atoms with Crippen molar-refractivity contribution in [2.75, 3.05) is 12.4 Å². The highest BCUT2D eigenvalue weighted by molar-refractivity contribution is 9.10. The molecule has 2 aromatic rings. The molecule has 3 nitrogen and oxygen atoms in total. The Balaban J connectivity index is 2.55. The average molecular weight is 360 g/mol. The fraction of sp³-hybridized carbons (Fsp3) is 0.167. The van der Waals surface area contributed by atoms with Gasteiger partial charge in [-0.3, -0.25) is 0 Å². The van der Waals surface area contributed by atoms with Gasteiger partial charge in [-0.2, -0.15) is 0 Å². The summed E-state index contributed by atoms with van der Waals surface area (Å²) in [5.74, 6) is -0.352. The van der Waals surface area contributed by atoms with E-state index in [0.29, 0.717) is 6.42 Å². The highest BCUT2D eigenvalue weighted by Crippen LogP contribution is 2.33. The normalized spacial score (nSPS) is 13.0. The van der Waals surface area contributed by atoms with Crippen LogP contribution in [0.2, 0.25) is 0 Å². The van der Waals surface area contributed by atoms with Gasteiger partial charge in [-0.05, 0) is 29.8 Å². The van der Waals surface area contributed by atoms with Crippen LogP contribution in [-0.2, 0) is 15.1 Å².